The molecule has 0 bridgehead atoms. The topological polar surface area (TPSA) is 32.8 Å². The summed E-state index contributed by atoms with van der Waals surface area (Å²) in [5, 5.41) is 2.44. The molecule has 1 aliphatic heterocycles. The van der Waals surface area contributed by atoms with E-state index in [2.05, 4.69) is 41.3 Å². The molecule has 1 aliphatic rings. The lowest BCUT2D eigenvalue weighted by Crippen LogP contribution is -2.26. The van der Waals surface area contributed by atoms with Crippen LogP contribution in [0, 0.1) is 0 Å². The van der Waals surface area contributed by atoms with E-state index in [1.807, 2.05) is 31.3 Å². The average molecular weight is 389 g/mol. The lowest BCUT2D eigenvalue weighted by molar-refractivity contribution is 0.0782. The summed E-state index contributed by atoms with van der Waals surface area (Å²) >= 11 is 0. The molecule has 3 aromatic carbocycles. The summed E-state index contributed by atoms with van der Waals surface area (Å²) in [4.78, 5) is 17.2. The van der Waals surface area contributed by atoms with E-state index in [0.29, 0.717) is 17.9 Å². The number of nitrogens with zero attached hydrogens (tertiary/aromatic N) is 2. The Labute approximate surface area is 172 Å². The highest BCUT2D eigenvalue weighted by Gasteiger charge is 2.17. The first-order valence-electron chi connectivity index (χ1n) is 10.3. The second kappa shape index (κ2) is 8.66. The number of hydrogen-bond acceptors (Lipinski definition) is 3. The number of rotatable bonds is 6. The Morgan fingerprint density at radius 1 is 1.03 bits per heavy atom. The van der Waals surface area contributed by atoms with Gasteiger partial charge < -0.3 is 9.64 Å². The normalized spacial score (nSPS) is 14.3. The molecule has 0 N–H and O–H groups in total. The number of ether oxygens (including phenoxy) is 1. The fourth-order valence-corrected chi connectivity index (χ4v) is 4.19. The highest BCUT2D eigenvalue weighted by molar-refractivity contribution is 5.97. The van der Waals surface area contributed by atoms with Crippen molar-refractivity contribution < 1.29 is 9.53 Å². The Bertz CT molecular complexity index is 1010. The van der Waals surface area contributed by atoms with Crippen molar-refractivity contribution in [2.24, 2.45) is 0 Å². The Kier molecular flexibility index (Phi) is 5.81. The van der Waals surface area contributed by atoms with Crippen molar-refractivity contribution in [1.29, 1.82) is 0 Å². The van der Waals surface area contributed by atoms with Crippen molar-refractivity contribution in [1.82, 2.24) is 9.80 Å². The van der Waals surface area contributed by atoms with Gasteiger partial charge in [-0.2, -0.15) is 0 Å². The van der Waals surface area contributed by atoms with Crippen LogP contribution >= 0.6 is 0 Å². The van der Waals surface area contributed by atoms with Crippen LogP contribution in [0.3, 0.4) is 0 Å². The van der Waals surface area contributed by atoms with Crippen molar-refractivity contribution in [3.63, 3.8) is 0 Å². The van der Waals surface area contributed by atoms with E-state index in [9.17, 15) is 4.79 Å². The molecule has 0 unspecified atom stereocenters. The first-order valence-corrected chi connectivity index (χ1v) is 10.3. The van der Waals surface area contributed by atoms with Gasteiger partial charge in [0.15, 0.2) is 0 Å². The Balaban J connectivity index is 1.54. The molecular formula is C25H28N2O2. The van der Waals surface area contributed by atoms with Gasteiger partial charge in [-0.1, -0.05) is 42.5 Å². The number of carbonyl (C=O) groups excluding carboxylic acids is 1. The molecule has 0 aliphatic carbocycles. The lowest BCUT2D eigenvalue weighted by Gasteiger charge is -2.20. The van der Waals surface area contributed by atoms with Gasteiger partial charge in [0, 0.05) is 20.1 Å². The molecule has 1 fully saturated rings. The zero-order chi connectivity index (χ0) is 20.2. The van der Waals surface area contributed by atoms with Crippen LogP contribution in [0.2, 0.25) is 0 Å². The van der Waals surface area contributed by atoms with Gasteiger partial charge in [0.1, 0.15) is 5.75 Å². The van der Waals surface area contributed by atoms with Crippen LogP contribution in [0.1, 0.15) is 34.3 Å². The van der Waals surface area contributed by atoms with E-state index in [0.717, 1.165) is 12.1 Å². The smallest absolute Gasteiger partial charge is 0.257 e. The number of para-hydroxylation sites is 1. The van der Waals surface area contributed by atoms with E-state index in [4.69, 9.17) is 4.74 Å². The summed E-state index contributed by atoms with van der Waals surface area (Å²) in [7, 11) is 3.44. The van der Waals surface area contributed by atoms with Gasteiger partial charge in [-0.15, -0.1) is 0 Å². The third kappa shape index (κ3) is 4.28. The minimum atomic E-state index is -0.0369. The monoisotopic (exact) mass is 388 g/mol. The number of fused-ring (bicyclic) bond motifs is 1. The maximum Gasteiger partial charge on any atom is 0.257 e. The summed E-state index contributed by atoms with van der Waals surface area (Å²) in [6.45, 7) is 3.98. The number of amides is 1. The van der Waals surface area contributed by atoms with Gasteiger partial charge in [0.2, 0.25) is 0 Å². The Hall–Kier alpha value is -2.85. The molecular weight excluding hydrogens is 360 g/mol. The van der Waals surface area contributed by atoms with Crippen molar-refractivity contribution >= 4 is 16.7 Å². The van der Waals surface area contributed by atoms with Crippen LogP contribution in [0.5, 0.6) is 5.75 Å². The molecule has 1 heterocycles. The van der Waals surface area contributed by atoms with E-state index < -0.39 is 0 Å². The van der Waals surface area contributed by atoms with Crippen LogP contribution < -0.4 is 4.74 Å². The molecule has 150 valence electrons. The summed E-state index contributed by atoms with van der Waals surface area (Å²) in [6, 6.07) is 20.4. The van der Waals surface area contributed by atoms with Gasteiger partial charge in [0.25, 0.3) is 5.91 Å². The van der Waals surface area contributed by atoms with E-state index >= 15 is 0 Å². The third-order valence-corrected chi connectivity index (χ3v) is 5.73. The highest BCUT2D eigenvalue weighted by Crippen LogP contribution is 2.25. The first-order chi connectivity index (χ1) is 14.2. The minimum Gasteiger partial charge on any atom is -0.496 e. The molecule has 1 amide bonds. The highest BCUT2D eigenvalue weighted by atomic mass is 16.5. The minimum absolute atomic E-state index is 0.0369. The van der Waals surface area contributed by atoms with Crippen LogP contribution in [0.25, 0.3) is 10.8 Å². The van der Waals surface area contributed by atoms with Crippen molar-refractivity contribution in [3.8, 4) is 5.75 Å². The van der Waals surface area contributed by atoms with Gasteiger partial charge in [-0.3, -0.25) is 9.69 Å². The quantitative estimate of drug-likeness (QED) is 0.613. The molecule has 3 aromatic rings. The van der Waals surface area contributed by atoms with E-state index in [1.54, 1.807) is 12.0 Å². The molecule has 4 nitrogen and oxygen atoms in total. The second-order valence-corrected chi connectivity index (χ2v) is 7.82. The molecule has 1 saturated heterocycles. The maximum atomic E-state index is 13.0. The van der Waals surface area contributed by atoms with Gasteiger partial charge in [-0.05, 0) is 66.0 Å². The summed E-state index contributed by atoms with van der Waals surface area (Å²) in [5.41, 5.74) is 3.10. The average Bonchev–Trinajstić information content (AvgIpc) is 3.26. The number of methoxy groups -OCH3 is 1. The first kappa shape index (κ1) is 19.5. The third-order valence-electron chi connectivity index (χ3n) is 5.73. The number of hydrogen-bond donors (Lipinski definition) is 0. The van der Waals surface area contributed by atoms with Crippen LogP contribution in [-0.2, 0) is 13.1 Å². The van der Waals surface area contributed by atoms with Crippen molar-refractivity contribution in [3.05, 3.63) is 77.4 Å². The van der Waals surface area contributed by atoms with Crippen LogP contribution in [-0.4, -0.2) is 43.0 Å². The maximum absolute atomic E-state index is 13.0. The van der Waals surface area contributed by atoms with Crippen LogP contribution in [0.15, 0.2) is 60.7 Å². The predicted octanol–water partition coefficient (Wildman–Crippen LogP) is 4.72. The lowest BCUT2D eigenvalue weighted by atomic mass is 10.0. The largest absolute Gasteiger partial charge is 0.496 e. The van der Waals surface area contributed by atoms with E-state index in [1.165, 1.54) is 42.3 Å². The molecule has 0 spiro atoms. The molecule has 0 radical (unpaired) electrons. The molecule has 0 atom stereocenters. The fraction of sp³-hybridized carbons (Fsp3) is 0.320. The molecule has 0 aromatic heterocycles. The van der Waals surface area contributed by atoms with Crippen LogP contribution in [0.4, 0.5) is 0 Å². The second-order valence-electron chi connectivity index (χ2n) is 7.82. The van der Waals surface area contributed by atoms with Gasteiger partial charge in [0.05, 0.1) is 12.7 Å². The summed E-state index contributed by atoms with van der Waals surface area (Å²) in [6.07, 6.45) is 2.62. The van der Waals surface area contributed by atoms with E-state index in [-0.39, 0.29) is 5.91 Å². The summed E-state index contributed by atoms with van der Waals surface area (Å²) in [5.74, 6) is 0.568. The fourth-order valence-electron chi connectivity index (χ4n) is 4.19. The number of carbonyl (C=O) groups is 1. The molecule has 29 heavy (non-hydrogen) atoms. The van der Waals surface area contributed by atoms with Crippen molar-refractivity contribution in [2.45, 2.75) is 25.9 Å². The predicted molar refractivity (Wildman–Crippen MR) is 117 cm³/mol. The zero-order valence-electron chi connectivity index (χ0n) is 17.2. The SMILES string of the molecule is COc1ccccc1C(=O)N(C)Cc1cccc2cc(CN3CCCC3)ccc12. The van der Waals surface area contributed by atoms with Crippen molar-refractivity contribution in [2.75, 3.05) is 27.2 Å². The number of benzene rings is 3. The molecule has 4 heteroatoms. The molecule has 0 saturated carbocycles. The van der Waals surface area contributed by atoms with Gasteiger partial charge >= 0.3 is 0 Å². The number of likely N-dealkylation sites (tertiary alicyclic amines) is 1. The summed E-state index contributed by atoms with van der Waals surface area (Å²) < 4.78 is 5.35. The van der Waals surface area contributed by atoms with Gasteiger partial charge in [-0.25, -0.2) is 0 Å². The zero-order valence-corrected chi connectivity index (χ0v) is 17.2. The standard InChI is InChI=1S/C25H28N2O2/c1-26(25(28)23-10-3-4-11-24(23)29-2)18-21-9-7-8-20-16-19(12-13-22(20)21)17-27-14-5-6-15-27/h3-4,7-13,16H,5-6,14-15,17-18H2,1-2H3. The Morgan fingerprint density at radius 2 is 1.83 bits per heavy atom. The molecule has 4 rings (SSSR count). The Morgan fingerprint density at radius 3 is 2.62 bits per heavy atom.